The number of aryl methyl sites for hydroxylation is 1. The van der Waals surface area contributed by atoms with E-state index in [9.17, 15) is 0 Å². The molecule has 2 aliphatic rings. The highest BCUT2D eigenvalue weighted by atomic mass is 14.4. The summed E-state index contributed by atoms with van der Waals surface area (Å²) in [6.07, 6.45) is 7.91. The zero-order valence-corrected chi connectivity index (χ0v) is 13.4. The molecule has 2 aliphatic carbocycles. The molecule has 3 rings (SSSR count). The Bertz CT molecular complexity index is 662. The second-order valence-electron chi connectivity index (χ2n) is 6.30. The van der Waals surface area contributed by atoms with Gasteiger partial charge in [0.05, 0.1) is 0 Å². The molecule has 0 aliphatic heterocycles. The van der Waals surface area contributed by atoms with Crippen LogP contribution < -0.4 is 0 Å². The fraction of sp³-hybridized carbons (Fsp3) is 0.333. The van der Waals surface area contributed by atoms with E-state index in [-0.39, 0.29) is 0 Å². The Balaban J connectivity index is 1.92. The lowest BCUT2D eigenvalue weighted by atomic mass is 9.85. The molecule has 0 radical (unpaired) electrons. The normalized spacial score (nSPS) is 21.5. The molecule has 1 atom stereocenters. The lowest BCUT2D eigenvalue weighted by molar-refractivity contribution is 0.856. The topological polar surface area (TPSA) is 0 Å². The van der Waals surface area contributed by atoms with E-state index < -0.39 is 0 Å². The van der Waals surface area contributed by atoms with Crippen LogP contribution in [0.2, 0.25) is 0 Å². The lowest BCUT2D eigenvalue weighted by Gasteiger charge is -2.19. The third-order valence-electron chi connectivity index (χ3n) is 4.90. The molecule has 108 valence electrons. The summed E-state index contributed by atoms with van der Waals surface area (Å²) >= 11 is 0. The summed E-state index contributed by atoms with van der Waals surface area (Å²) in [5.41, 5.74) is 10.4. The van der Waals surface area contributed by atoms with E-state index in [0.717, 1.165) is 12.8 Å². The van der Waals surface area contributed by atoms with Crippen LogP contribution in [0, 0.1) is 12.8 Å². The third-order valence-corrected chi connectivity index (χ3v) is 4.90. The van der Waals surface area contributed by atoms with Crippen molar-refractivity contribution in [1.82, 2.24) is 0 Å². The lowest BCUT2D eigenvalue weighted by Crippen LogP contribution is -1.99. The molecule has 0 nitrogen and oxygen atoms in total. The summed E-state index contributed by atoms with van der Waals surface area (Å²) in [6, 6.07) is 8.92. The first-order valence-electron chi connectivity index (χ1n) is 7.92. The quantitative estimate of drug-likeness (QED) is 0.591. The molecular weight excluding hydrogens is 252 g/mol. The first-order chi connectivity index (χ1) is 10.1. The van der Waals surface area contributed by atoms with Crippen molar-refractivity contribution in [2.75, 3.05) is 0 Å². The maximum atomic E-state index is 3.89. The first-order valence-corrected chi connectivity index (χ1v) is 7.92. The van der Waals surface area contributed by atoms with Gasteiger partial charge in [0, 0.05) is 5.92 Å². The van der Waals surface area contributed by atoms with Crippen LogP contribution in [0.1, 0.15) is 44.2 Å². The summed E-state index contributed by atoms with van der Waals surface area (Å²) < 4.78 is 0. The van der Waals surface area contributed by atoms with E-state index in [0.29, 0.717) is 5.92 Å². The van der Waals surface area contributed by atoms with Crippen molar-refractivity contribution < 1.29 is 0 Å². The molecule has 0 saturated carbocycles. The Labute approximate surface area is 128 Å². The van der Waals surface area contributed by atoms with Crippen LogP contribution in [0.15, 0.2) is 65.3 Å². The average molecular weight is 276 g/mol. The zero-order valence-electron chi connectivity index (χ0n) is 13.4. The fourth-order valence-corrected chi connectivity index (χ4v) is 3.57. The molecule has 0 N–H and O–H groups in total. The maximum absolute atomic E-state index is 3.89. The van der Waals surface area contributed by atoms with Crippen molar-refractivity contribution in [2.45, 2.75) is 40.0 Å². The molecule has 1 unspecified atom stereocenters. The van der Waals surface area contributed by atoms with Crippen molar-refractivity contribution in [3.8, 4) is 0 Å². The van der Waals surface area contributed by atoms with Crippen LogP contribution in [0.4, 0.5) is 0 Å². The molecule has 1 aromatic carbocycles. The van der Waals surface area contributed by atoms with Gasteiger partial charge >= 0.3 is 0 Å². The highest BCUT2D eigenvalue weighted by Crippen LogP contribution is 2.50. The molecule has 0 saturated heterocycles. The molecule has 0 heterocycles. The van der Waals surface area contributed by atoms with Gasteiger partial charge in [-0.1, -0.05) is 47.6 Å². The highest BCUT2D eigenvalue weighted by molar-refractivity contribution is 5.82. The van der Waals surface area contributed by atoms with Crippen molar-refractivity contribution in [1.29, 1.82) is 0 Å². The monoisotopic (exact) mass is 276 g/mol. The number of benzene rings is 1. The first kappa shape index (κ1) is 14.1. The predicted octanol–water partition coefficient (Wildman–Crippen LogP) is 6.01. The molecule has 0 heteroatoms. The van der Waals surface area contributed by atoms with Gasteiger partial charge in [0.2, 0.25) is 0 Å². The van der Waals surface area contributed by atoms with Crippen molar-refractivity contribution >= 4 is 5.57 Å². The number of hydrogen-bond acceptors (Lipinski definition) is 0. The Hall–Kier alpha value is -1.82. The second kappa shape index (κ2) is 5.52. The second-order valence-corrected chi connectivity index (χ2v) is 6.30. The predicted molar refractivity (Wildman–Crippen MR) is 92.1 cm³/mol. The van der Waals surface area contributed by atoms with Crippen LogP contribution >= 0.6 is 0 Å². The zero-order chi connectivity index (χ0) is 15.0. The van der Waals surface area contributed by atoms with Gasteiger partial charge in [-0.3, -0.25) is 0 Å². The fourth-order valence-electron chi connectivity index (χ4n) is 3.57. The molecule has 21 heavy (non-hydrogen) atoms. The summed E-state index contributed by atoms with van der Waals surface area (Å²) in [4.78, 5) is 0. The standard InChI is InChI=1S/C21H24/c1-5-7-19-16(4)21(19)20-9-6-8-18(15(20)3)17-12-10-14(2)11-13-17/h5,8,10-13,19H,1,6-7,9H2,2-4H3. The van der Waals surface area contributed by atoms with Gasteiger partial charge in [-0.15, -0.1) is 6.58 Å². The van der Waals surface area contributed by atoms with Gasteiger partial charge in [-0.2, -0.15) is 0 Å². The van der Waals surface area contributed by atoms with Crippen LogP contribution in [-0.4, -0.2) is 0 Å². The van der Waals surface area contributed by atoms with Crippen LogP contribution in [-0.2, 0) is 0 Å². The van der Waals surface area contributed by atoms with Gasteiger partial charge in [0.25, 0.3) is 0 Å². The Morgan fingerprint density at radius 1 is 1.14 bits per heavy atom. The summed E-state index contributed by atoms with van der Waals surface area (Å²) in [5.74, 6) is 0.671. The minimum absolute atomic E-state index is 0.671. The minimum Gasteiger partial charge on any atom is -0.103 e. The summed E-state index contributed by atoms with van der Waals surface area (Å²) in [6.45, 7) is 10.6. The van der Waals surface area contributed by atoms with E-state index >= 15 is 0 Å². The van der Waals surface area contributed by atoms with Crippen LogP contribution in [0.5, 0.6) is 0 Å². The Kier molecular flexibility index (Phi) is 3.71. The van der Waals surface area contributed by atoms with Crippen LogP contribution in [0.25, 0.3) is 5.57 Å². The summed E-state index contributed by atoms with van der Waals surface area (Å²) in [5, 5.41) is 0. The van der Waals surface area contributed by atoms with E-state index in [2.05, 4.69) is 63.8 Å². The number of allylic oxidation sites excluding steroid dienone is 7. The van der Waals surface area contributed by atoms with E-state index in [1.54, 1.807) is 16.7 Å². The molecule has 0 spiro atoms. The SMILES string of the molecule is C=CCC1C(C)=C1C1=C(C)C(c2ccc(C)cc2)=CCC1. The van der Waals surface area contributed by atoms with E-state index in [1.807, 2.05) is 0 Å². The molecule has 0 fully saturated rings. The number of hydrogen-bond donors (Lipinski definition) is 0. The van der Waals surface area contributed by atoms with Crippen molar-refractivity contribution in [3.63, 3.8) is 0 Å². The summed E-state index contributed by atoms with van der Waals surface area (Å²) in [7, 11) is 0. The molecule has 1 aromatic rings. The van der Waals surface area contributed by atoms with Gasteiger partial charge in [-0.25, -0.2) is 0 Å². The van der Waals surface area contributed by atoms with Crippen LogP contribution in [0.3, 0.4) is 0 Å². The van der Waals surface area contributed by atoms with Gasteiger partial charge in [-0.05, 0) is 67.9 Å². The van der Waals surface area contributed by atoms with Gasteiger partial charge in [0.1, 0.15) is 0 Å². The largest absolute Gasteiger partial charge is 0.103 e. The molecule has 0 amide bonds. The maximum Gasteiger partial charge on any atom is 0.00884 e. The molecule has 0 aromatic heterocycles. The Morgan fingerprint density at radius 3 is 2.52 bits per heavy atom. The van der Waals surface area contributed by atoms with Gasteiger partial charge in [0.15, 0.2) is 0 Å². The van der Waals surface area contributed by atoms with Crippen molar-refractivity contribution in [2.24, 2.45) is 5.92 Å². The Morgan fingerprint density at radius 2 is 1.86 bits per heavy atom. The molecular formula is C21H24. The third kappa shape index (κ3) is 2.55. The minimum atomic E-state index is 0.671. The molecule has 0 bridgehead atoms. The smallest absolute Gasteiger partial charge is 0.00884 e. The van der Waals surface area contributed by atoms with E-state index in [4.69, 9.17) is 0 Å². The number of rotatable bonds is 4. The van der Waals surface area contributed by atoms with E-state index in [1.165, 1.54) is 28.7 Å². The van der Waals surface area contributed by atoms with Gasteiger partial charge < -0.3 is 0 Å². The van der Waals surface area contributed by atoms with Crippen molar-refractivity contribution in [3.05, 3.63) is 76.4 Å². The highest BCUT2D eigenvalue weighted by Gasteiger charge is 2.35. The average Bonchev–Trinajstić information content (AvgIpc) is 3.11.